The van der Waals surface area contributed by atoms with E-state index in [9.17, 15) is 14.7 Å². The maximum absolute atomic E-state index is 13.3. The van der Waals surface area contributed by atoms with Crippen LogP contribution >= 0.6 is 0 Å². The highest BCUT2D eigenvalue weighted by Crippen LogP contribution is 2.42. The molecular weight excluding hydrogens is 466 g/mol. The van der Waals surface area contributed by atoms with E-state index in [1.165, 1.54) is 4.90 Å². The average molecular weight is 500 g/mol. The maximum Gasteiger partial charge on any atom is 0.300 e. The first-order valence-corrected chi connectivity index (χ1v) is 12.8. The third-order valence-corrected chi connectivity index (χ3v) is 6.19. The Labute approximate surface area is 218 Å². The highest BCUT2D eigenvalue weighted by Gasteiger charge is 2.46. The van der Waals surface area contributed by atoms with Gasteiger partial charge in [0.2, 0.25) is 0 Å². The van der Waals surface area contributed by atoms with Crippen molar-refractivity contribution in [2.24, 2.45) is 0 Å². The van der Waals surface area contributed by atoms with E-state index in [2.05, 4.69) is 6.92 Å². The molecule has 6 nitrogen and oxygen atoms in total. The molecular formula is C31H33NO5. The molecule has 1 atom stereocenters. The topological polar surface area (TPSA) is 76.1 Å². The van der Waals surface area contributed by atoms with E-state index in [0.717, 1.165) is 19.3 Å². The Bertz CT molecular complexity index is 1250. The van der Waals surface area contributed by atoms with E-state index in [4.69, 9.17) is 9.47 Å². The van der Waals surface area contributed by atoms with Crippen LogP contribution in [0.1, 0.15) is 57.2 Å². The molecule has 0 saturated carbocycles. The lowest BCUT2D eigenvalue weighted by Gasteiger charge is -2.25. The zero-order valence-electron chi connectivity index (χ0n) is 21.5. The highest BCUT2D eigenvalue weighted by atomic mass is 16.5. The number of ether oxygens (including phenoxy) is 2. The summed E-state index contributed by atoms with van der Waals surface area (Å²) in [6.45, 7) is 6.65. The van der Waals surface area contributed by atoms with Crippen molar-refractivity contribution in [2.45, 2.75) is 52.2 Å². The lowest BCUT2D eigenvalue weighted by molar-refractivity contribution is -0.132. The summed E-state index contributed by atoms with van der Waals surface area (Å²) in [7, 11) is 0. The van der Waals surface area contributed by atoms with Gasteiger partial charge in [0.25, 0.3) is 11.7 Å². The molecule has 1 amide bonds. The van der Waals surface area contributed by atoms with Crippen LogP contribution in [0.2, 0.25) is 0 Å². The number of benzene rings is 3. The summed E-state index contributed by atoms with van der Waals surface area (Å²) in [4.78, 5) is 28.0. The van der Waals surface area contributed by atoms with Crippen molar-refractivity contribution in [1.29, 1.82) is 0 Å². The Kier molecular flexibility index (Phi) is 8.29. The zero-order valence-corrected chi connectivity index (χ0v) is 21.5. The second-order valence-electron chi connectivity index (χ2n) is 9.32. The minimum atomic E-state index is -0.791. The second kappa shape index (κ2) is 11.8. The summed E-state index contributed by atoms with van der Waals surface area (Å²) in [5.74, 6) is -0.258. The largest absolute Gasteiger partial charge is 0.507 e. The second-order valence-corrected chi connectivity index (χ2v) is 9.32. The molecule has 3 aromatic rings. The van der Waals surface area contributed by atoms with Crippen molar-refractivity contribution >= 4 is 23.1 Å². The molecule has 37 heavy (non-hydrogen) atoms. The Morgan fingerprint density at radius 3 is 2.16 bits per heavy atom. The van der Waals surface area contributed by atoms with E-state index < -0.39 is 17.7 Å². The lowest BCUT2D eigenvalue weighted by Crippen LogP contribution is -2.29. The number of Topliss-reactive ketones (excluding diaryl/α,β-unsaturated/α-hetero) is 1. The van der Waals surface area contributed by atoms with Crippen LogP contribution in [-0.2, 0) is 9.59 Å². The Hall–Kier alpha value is -4.06. The molecule has 1 aliphatic heterocycles. The van der Waals surface area contributed by atoms with Crippen LogP contribution in [0.5, 0.6) is 11.5 Å². The maximum atomic E-state index is 13.3. The molecule has 1 N–H and O–H groups in total. The molecule has 1 aliphatic rings. The molecule has 192 valence electrons. The number of aliphatic hydroxyl groups is 1. The first-order valence-electron chi connectivity index (χ1n) is 12.8. The zero-order chi connectivity index (χ0) is 26.4. The van der Waals surface area contributed by atoms with Crippen molar-refractivity contribution < 1.29 is 24.2 Å². The molecule has 1 unspecified atom stereocenters. The fourth-order valence-electron chi connectivity index (χ4n) is 4.41. The Balaban J connectivity index is 1.73. The van der Waals surface area contributed by atoms with Crippen LogP contribution < -0.4 is 14.4 Å². The van der Waals surface area contributed by atoms with Gasteiger partial charge in [-0.2, -0.15) is 0 Å². The molecule has 6 heteroatoms. The number of carbonyl (C=O) groups excluding carboxylic acids is 2. The normalized spacial score (nSPS) is 16.9. The van der Waals surface area contributed by atoms with Crippen molar-refractivity contribution in [2.75, 3.05) is 11.5 Å². The van der Waals surface area contributed by atoms with Gasteiger partial charge in [0.15, 0.2) is 0 Å². The van der Waals surface area contributed by atoms with E-state index >= 15 is 0 Å². The molecule has 1 saturated heterocycles. The molecule has 0 aromatic heterocycles. The summed E-state index contributed by atoms with van der Waals surface area (Å²) in [6.07, 6.45) is 3.21. The van der Waals surface area contributed by atoms with Crippen molar-refractivity contribution in [1.82, 2.24) is 0 Å². The van der Waals surface area contributed by atoms with Crippen LogP contribution in [-0.4, -0.2) is 29.5 Å². The van der Waals surface area contributed by atoms with Gasteiger partial charge < -0.3 is 14.6 Å². The number of carbonyl (C=O) groups is 2. The SMILES string of the molecule is CCCCCOc1ccc(/C(O)=C2/C(=O)C(=O)N(c3ccccc3)C2c2ccc(OC(C)C)cc2)cc1. The Morgan fingerprint density at radius 2 is 1.54 bits per heavy atom. The van der Waals surface area contributed by atoms with Gasteiger partial charge in [-0.15, -0.1) is 0 Å². The van der Waals surface area contributed by atoms with Crippen LogP contribution in [0.3, 0.4) is 0 Å². The molecule has 3 aromatic carbocycles. The number of hydrogen-bond acceptors (Lipinski definition) is 5. The number of aliphatic hydroxyl groups excluding tert-OH is 1. The number of amides is 1. The Morgan fingerprint density at radius 1 is 0.892 bits per heavy atom. The van der Waals surface area contributed by atoms with Gasteiger partial charge in [0, 0.05) is 11.3 Å². The molecule has 4 rings (SSSR count). The number of rotatable bonds is 10. The molecule has 1 fully saturated rings. The highest BCUT2D eigenvalue weighted by molar-refractivity contribution is 6.51. The van der Waals surface area contributed by atoms with Gasteiger partial charge >= 0.3 is 0 Å². The minimum absolute atomic E-state index is 0.0133. The van der Waals surface area contributed by atoms with Gasteiger partial charge in [-0.25, -0.2) is 0 Å². The number of nitrogens with zero attached hydrogens (tertiary/aromatic N) is 1. The van der Waals surface area contributed by atoms with Gasteiger partial charge in [-0.1, -0.05) is 50.1 Å². The van der Waals surface area contributed by atoms with Crippen molar-refractivity contribution in [3.05, 3.63) is 95.6 Å². The number of anilines is 1. The predicted molar refractivity (Wildman–Crippen MR) is 145 cm³/mol. The third-order valence-electron chi connectivity index (χ3n) is 6.19. The minimum Gasteiger partial charge on any atom is -0.507 e. The summed E-state index contributed by atoms with van der Waals surface area (Å²) in [6, 6.07) is 22.4. The van der Waals surface area contributed by atoms with Gasteiger partial charge in [-0.05, 0) is 74.4 Å². The fourth-order valence-corrected chi connectivity index (χ4v) is 4.41. The average Bonchev–Trinajstić information content (AvgIpc) is 3.17. The third kappa shape index (κ3) is 5.85. The van der Waals surface area contributed by atoms with E-state index in [1.54, 1.807) is 36.4 Å². The number of hydrogen-bond donors (Lipinski definition) is 1. The summed E-state index contributed by atoms with van der Waals surface area (Å²) in [5.41, 5.74) is 1.75. The standard InChI is InChI=1S/C31H33NO5/c1-4-5-9-20-36-25-16-14-23(15-17-25)29(33)27-28(22-12-18-26(19-13-22)37-21(2)3)32(31(35)30(27)34)24-10-7-6-8-11-24/h6-8,10-19,21,28,33H,4-5,9,20H2,1-3H3/b29-27-. The van der Waals surface area contributed by atoms with Crippen molar-refractivity contribution in [3.63, 3.8) is 0 Å². The van der Waals surface area contributed by atoms with Crippen LogP contribution in [0.25, 0.3) is 5.76 Å². The monoisotopic (exact) mass is 499 g/mol. The smallest absolute Gasteiger partial charge is 0.300 e. The summed E-state index contributed by atoms with van der Waals surface area (Å²) < 4.78 is 11.5. The first-order chi connectivity index (χ1) is 17.9. The van der Waals surface area contributed by atoms with Crippen molar-refractivity contribution in [3.8, 4) is 11.5 Å². The number of unbranched alkanes of at least 4 members (excludes halogenated alkanes) is 2. The van der Waals surface area contributed by atoms with E-state index in [-0.39, 0.29) is 17.4 Å². The van der Waals surface area contributed by atoms with Gasteiger partial charge in [-0.3, -0.25) is 14.5 Å². The van der Waals surface area contributed by atoms with Crippen LogP contribution in [0.4, 0.5) is 5.69 Å². The van der Waals surface area contributed by atoms with Crippen LogP contribution in [0.15, 0.2) is 84.4 Å². The summed E-state index contributed by atoms with van der Waals surface area (Å²) >= 11 is 0. The van der Waals surface area contributed by atoms with E-state index in [1.807, 2.05) is 56.3 Å². The van der Waals surface area contributed by atoms with Crippen LogP contribution in [0, 0.1) is 0 Å². The summed E-state index contributed by atoms with van der Waals surface area (Å²) in [5, 5.41) is 11.3. The number of para-hydroxylation sites is 1. The first kappa shape index (κ1) is 26.0. The van der Waals surface area contributed by atoms with Gasteiger partial charge in [0.1, 0.15) is 17.3 Å². The molecule has 0 spiro atoms. The number of ketones is 1. The molecule has 0 radical (unpaired) electrons. The predicted octanol–water partition coefficient (Wildman–Crippen LogP) is 6.67. The van der Waals surface area contributed by atoms with E-state index in [0.29, 0.717) is 34.9 Å². The lowest BCUT2D eigenvalue weighted by atomic mass is 9.95. The van der Waals surface area contributed by atoms with Gasteiger partial charge in [0.05, 0.1) is 24.3 Å². The molecule has 0 bridgehead atoms. The fraction of sp³-hybridized carbons (Fsp3) is 0.290. The molecule has 0 aliphatic carbocycles. The quantitative estimate of drug-likeness (QED) is 0.146. The molecule has 1 heterocycles.